The molecule has 0 saturated heterocycles. The van der Waals surface area contributed by atoms with Gasteiger partial charge >= 0.3 is 0 Å². The summed E-state index contributed by atoms with van der Waals surface area (Å²) in [4.78, 5) is 1.26. The summed E-state index contributed by atoms with van der Waals surface area (Å²) in [6, 6.07) is 8.78. The lowest BCUT2D eigenvalue weighted by molar-refractivity contribution is 0.623. The fourth-order valence-corrected chi connectivity index (χ4v) is 3.20. The van der Waals surface area contributed by atoms with Crippen molar-refractivity contribution in [3.05, 3.63) is 55.5 Å². The second kappa shape index (κ2) is 5.25. The predicted molar refractivity (Wildman–Crippen MR) is 74.1 cm³/mol. The summed E-state index contributed by atoms with van der Waals surface area (Å²) in [5, 5.41) is 2.04. The zero-order chi connectivity index (χ0) is 11.5. The highest BCUT2D eigenvalue weighted by Crippen LogP contribution is 2.24. The van der Waals surface area contributed by atoms with Crippen LogP contribution in [0.25, 0.3) is 0 Å². The van der Waals surface area contributed by atoms with Crippen molar-refractivity contribution >= 4 is 33.9 Å². The van der Waals surface area contributed by atoms with E-state index in [9.17, 15) is 4.39 Å². The highest BCUT2D eigenvalue weighted by molar-refractivity contribution is 14.1. The molecule has 0 saturated carbocycles. The third kappa shape index (κ3) is 2.81. The molecular weight excluding hydrogens is 336 g/mol. The topological polar surface area (TPSA) is 26.0 Å². The van der Waals surface area contributed by atoms with Crippen molar-refractivity contribution in [1.82, 2.24) is 0 Å². The molecule has 0 bridgehead atoms. The predicted octanol–water partition coefficient (Wildman–Crippen LogP) is 3.73. The van der Waals surface area contributed by atoms with Crippen molar-refractivity contribution in [2.75, 3.05) is 0 Å². The van der Waals surface area contributed by atoms with Crippen molar-refractivity contribution in [2.45, 2.75) is 12.5 Å². The molecule has 0 amide bonds. The molecule has 0 aliphatic carbocycles. The van der Waals surface area contributed by atoms with Crippen molar-refractivity contribution in [2.24, 2.45) is 5.73 Å². The second-order valence-corrected chi connectivity index (χ2v) is 5.75. The second-order valence-electron chi connectivity index (χ2n) is 3.56. The molecule has 1 atom stereocenters. The van der Waals surface area contributed by atoms with Gasteiger partial charge in [-0.15, -0.1) is 11.3 Å². The Balaban J connectivity index is 2.17. The average Bonchev–Trinajstić information content (AvgIpc) is 2.70. The van der Waals surface area contributed by atoms with E-state index in [1.54, 1.807) is 17.4 Å². The average molecular weight is 347 g/mol. The molecule has 16 heavy (non-hydrogen) atoms. The van der Waals surface area contributed by atoms with Gasteiger partial charge in [0.2, 0.25) is 0 Å². The van der Waals surface area contributed by atoms with Gasteiger partial charge in [-0.25, -0.2) is 4.39 Å². The van der Waals surface area contributed by atoms with E-state index in [0.29, 0.717) is 0 Å². The molecule has 1 heterocycles. The summed E-state index contributed by atoms with van der Waals surface area (Å²) in [6.45, 7) is 0. The third-order valence-corrected chi connectivity index (χ3v) is 4.20. The van der Waals surface area contributed by atoms with E-state index < -0.39 is 0 Å². The van der Waals surface area contributed by atoms with Gasteiger partial charge in [0.05, 0.1) is 0 Å². The standard InChI is InChI=1S/C12H11FINS/c13-8-3-4-10(11(14)6-8)12(15)7-9-2-1-5-16-9/h1-6,12H,7,15H2. The van der Waals surface area contributed by atoms with Crippen LogP contribution in [0.2, 0.25) is 0 Å². The van der Waals surface area contributed by atoms with Crippen molar-refractivity contribution < 1.29 is 4.39 Å². The summed E-state index contributed by atoms with van der Waals surface area (Å²) < 4.78 is 13.8. The lowest BCUT2D eigenvalue weighted by Crippen LogP contribution is -2.14. The molecule has 0 aliphatic heterocycles. The minimum Gasteiger partial charge on any atom is -0.324 e. The Morgan fingerprint density at radius 2 is 2.19 bits per heavy atom. The minimum atomic E-state index is -0.212. The van der Waals surface area contributed by atoms with Crippen LogP contribution >= 0.6 is 33.9 Å². The Kier molecular flexibility index (Phi) is 3.94. The number of halogens is 2. The molecule has 0 spiro atoms. The number of hydrogen-bond donors (Lipinski definition) is 1. The fraction of sp³-hybridized carbons (Fsp3) is 0.167. The van der Waals surface area contributed by atoms with E-state index in [0.717, 1.165) is 15.6 Å². The molecule has 4 heteroatoms. The zero-order valence-corrected chi connectivity index (χ0v) is 11.5. The van der Waals surface area contributed by atoms with E-state index in [2.05, 4.69) is 28.7 Å². The molecule has 2 aromatic rings. The van der Waals surface area contributed by atoms with Crippen LogP contribution in [0.3, 0.4) is 0 Å². The van der Waals surface area contributed by atoms with Crippen LogP contribution in [-0.2, 0) is 6.42 Å². The smallest absolute Gasteiger partial charge is 0.124 e. The number of nitrogens with two attached hydrogens (primary N) is 1. The van der Waals surface area contributed by atoms with Crippen LogP contribution in [0.1, 0.15) is 16.5 Å². The van der Waals surface area contributed by atoms with Gasteiger partial charge in [-0.2, -0.15) is 0 Å². The lowest BCUT2D eigenvalue weighted by atomic mass is 10.0. The van der Waals surface area contributed by atoms with Crippen LogP contribution < -0.4 is 5.73 Å². The number of rotatable bonds is 3. The molecule has 1 unspecified atom stereocenters. The summed E-state index contributed by atoms with van der Waals surface area (Å²) in [5.74, 6) is -0.212. The highest BCUT2D eigenvalue weighted by atomic mass is 127. The van der Waals surface area contributed by atoms with Gasteiger partial charge in [-0.1, -0.05) is 12.1 Å². The molecular formula is C12H11FINS. The first kappa shape index (κ1) is 12.0. The first-order valence-electron chi connectivity index (χ1n) is 4.89. The normalized spacial score (nSPS) is 12.7. The largest absolute Gasteiger partial charge is 0.324 e. The van der Waals surface area contributed by atoms with E-state index in [-0.39, 0.29) is 11.9 Å². The first-order chi connectivity index (χ1) is 7.66. The fourth-order valence-electron chi connectivity index (χ4n) is 1.56. The van der Waals surface area contributed by atoms with E-state index in [1.165, 1.54) is 17.0 Å². The Bertz CT molecular complexity index is 470. The van der Waals surface area contributed by atoms with E-state index in [1.807, 2.05) is 11.4 Å². The van der Waals surface area contributed by atoms with Gasteiger partial charge in [0.25, 0.3) is 0 Å². The maximum Gasteiger partial charge on any atom is 0.124 e. The number of thiophene rings is 1. The molecule has 0 fully saturated rings. The number of benzene rings is 1. The molecule has 2 rings (SSSR count). The maximum absolute atomic E-state index is 12.9. The van der Waals surface area contributed by atoms with Crippen LogP contribution in [-0.4, -0.2) is 0 Å². The van der Waals surface area contributed by atoms with Crippen LogP contribution in [0.5, 0.6) is 0 Å². The molecule has 0 radical (unpaired) electrons. The van der Waals surface area contributed by atoms with Gasteiger partial charge in [-0.05, 0) is 51.7 Å². The van der Waals surface area contributed by atoms with Gasteiger partial charge in [0, 0.05) is 20.9 Å². The summed E-state index contributed by atoms with van der Waals surface area (Å²) in [7, 11) is 0. The monoisotopic (exact) mass is 347 g/mol. The Hall–Kier alpha value is -0.460. The summed E-state index contributed by atoms with van der Waals surface area (Å²) >= 11 is 3.82. The molecule has 2 N–H and O–H groups in total. The van der Waals surface area contributed by atoms with Crippen LogP contribution in [0, 0.1) is 9.39 Å². The lowest BCUT2D eigenvalue weighted by Gasteiger charge is -2.12. The quantitative estimate of drug-likeness (QED) is 0.842. The Morgan fingerprint density at radius 3 is 2.81 bits per heavy atom. The third-order valence-electron chi connectivity index (χ3n) is 2.36. The minimum absolute atomic E-state index is 0.0638. The van der Waals surface area contributed by atoms with E-state index >= 15 is 0 Å². The summed E-state index contributed by atoms with van der Waals surface area (Å²) in [5.41, 5.74) is 7.13. The molecule has 84 valence electrons. The van der Waals surface area contributed by atoms with Gasteiger partial charge in [-0.3, -0.25) is 0 Å². The maximum atomic E-state index is 12.9. The molecule has 0 aliphatic rings. The zero-order valence-electron chi connectivity index (χ0n) is 8.49. The molecule has 1 nitrogen and oxygen atoms in total. The Morgan fingerprint density at radius 1 is 1.38 bits per heavy atom. The SMILES string of the molecule is NC(Cc1cccs1)c1ccc(F)cc1I. The van der Waals surface area contributed by atoms with Crippen LogP contribution in [0.4, 0.5) is 4.39 Å². The molecule has 1 aromatic heterocycles. The van der Waals surface area contributed by atoms with Crippen LogP contribution in [0.15, 0.2) is 35.7 Å². The number of hydrogen-bond acceptors (Lipinski definition) is 2. The van der Waals surface area contributed by atoms with Gasteiger partial charge in [0.1, 0.15) is 5.82 Å². The van der Waals surface area contributed by atoms with E-state index in [4.69, 9.17) is 5.73 Å². The first-order valence-corrected chi connectivity index (χ1v) is 6.85. The molecule has 1 aromatic carbocycles. The summed E-state index contributed by atoms with van der Waals surface area (Å²) in [6.07, 6.45) is 0.805. The van der Waals surface area contributed by atoms with Crippen molar-refractivity contribution in [1.29, 1.82) is 0 Å². The van der Waals surface area contributed by atoms with Gasteiger partial charge in [0.15, 0.2) is 0 Å². The van der Waals surface area contributed by atoms with Crippen molar-refractivity contribution in [3.8, 4) is 0 Å². The highest BCUT2D eigenvalue weighted by Gasteiger charge is 2.11. The van der Waals surface area contributed by atoms with Crippen molar-refractivity contribution in [3.63, 3.8) is 0 Å². The Labute approximate surface area is 112 Å². The van der Waals surface area contributed by atoms with Gasteiger partial charge < -0.3 is 5.73 Å².